The molecule has 162 valence electrons. The van der Waals surface area contributed by atoms with E-state index < -0.39 is 17.4 Å². The first-order chi connectivity index (χ1) is 15.6. The van der Waals surface area contributed by atoms with Crippen molar-refractivity contribution in [3.8, 4) is 0 Å². The first-order valence-corrected chi connectivity index (χ1v) is 11.0. The molecule has 7 heteroatoms. The molecule has 4 unspecified atom stereocenters. The number of hydrogen-bond acceptors (Lipinski definition) is 4. The topological polar surface area (TPSA) is 87.3 Å². The Hall–Kier alpha value is -3.45. The monoisotopic (exact) mass is 428 g/mol. The lowest BCUT2D eigenvalue weighted by atomic mass is 9.77. The van der Waals surface area contributed by atoms with E-state index in [9.17, 15) is 9.59 Å². The molecular formula is C25H24N4O3. The fourth-order valence-corrected chi connectivity index (χ4v) is 5.50. The Labute approximate surface area is 185 Å². The van der Waals surface area contributed by atoms with Crippen LogP contribution in [-0.4, -0.2) is 51.5 Å². The van der Waals surface area contributed by atoms with Gasteiger partial charge in [0.15, 0.2) is 0 Å². The highest BCUT2D eigenvalue weighted by Gasteiger charge is 2.66. The number of nitrogens with one attached hydrogen (secondary N) is 2. The van der Waals surface area contributed by atoms with Crippen LogP contribution in [0, 0.1) is 11.8 Å². The van der Waals surface area contributed by atoms with Gasteiger partial charge < -0.3 is 19.9 Å². The fourth-order valence-electron chi connectivity index (χ4n) is 5.50. The number of amides is 2. The quantitative estimate of drug-likeness (QED) is 0.590. The second-order valence-corrected chi connectivity index (χ2v) is 8.85. The van der Waals surface area contributed by atoms with Crippen molar-refractivity contribution >= 4 is 22.7 Å². The number of benzene rings is 1. The Morgan fingerprint density at radius 3 is 2.97 bits per heavy atom. The third kappa shape index (κ3) is 2.96. The van der Waals surface area contributed by atoms with E-state index in [1.165, 1.54) is 10.9 Å². The van der Waals surface area contributed by atoms with Gasteiger partial charge in [-0.3, -0.25) is 14.6 Å². The van der Waals surface area contributed by atoms with Crippen molar-refractivity contribution in [2.24, 2.45) is 11.8 Å². The van der Waals surface area contributed by atoms with Crippen molar-refractivity contribution in [3.05, 3.63) is 78.3 Å². The molecule has 2 N–H and O–H groups in total. The molecule has 32 heavy (non-hydrogen) atoms. The number of likely N-dealkylation sites (tertiary alicyclic amines) is 1. The van der Waals surface area contributed by atoms with Crippen molar-refractivity contribution in [1.82, 2.24) is 20.2 Å². The Balaban J connectivity index is 1.15. The maximum absolute atomic E-state index is 13.3. The smallest absolute Gasteiger partial charge is 0.230 e. The van der Waals surface area contributed by atoms with Crippen molar-refractivity contribution in [1.29, 1.82) is 0 Å². The van der Waals surface area contributed by atoms with Crippen LogP contribution in [-0.2, 0) is 27.3 Å². The minimum Gasteiger partial charge on any atom is -0.361 e. The van der Waals surface area contributed by atoms with Crippen molar-refractivity contribution in [3.63, 3.8) is 0 Å². The fraction of sp³-hybridized carbons (Fsp3) is 0.320. The lowest BCUT2D eigenvalue weighted by Crippen LogP contribution is -2.44. The molecule has 3 aliphatic heterocycles. The number of para-hydroxylation sites is 1. The van der Waals surface area contributed by atoms with Gasteiger partial charge in [0.05, 0.1) is 24.5 Å². The van der Waals surface area contributed by atoms with Crippen LogP contribution in [0.25, 0.3) is 10.9 Å². The molecule has 4 atom stereocenters. The number of pyridine rings is 1. The van der Waals surface area contributed by atoms with E-state index in [2.05, 4.69) is 21.4 Å². The van der Waals surface area contributed by atoms with E-state index in [1.807, 2.05) is 48.7 Å². The second kappa shape index (κ2) is 7.31. The molecule has 5 heterocycles. The number of fused-ring (bicyclic) bond motifs is 2. The molecule has 1 spiro atoms. The van der Waals surface area contributed by atoms with E-state index in [4.69, 9.17) is 4.74 Å². The van der Waals surface area contributed by atoms with Crippen molar-refractivity contribution < 1.29 is 14.3 Å². The summed E-state index contributed by atoms with van der Waals surface area (Å²) in [6, 6.07) is 11.9. The molecule has 2 fully saturated rings. The lowest BCUT2D eigenvalue weighted by Gasteiger charge is -2.23. The Bertz CT molecular complexity index is 1220. The van der Waals surface area contributed by atoms with E-state index >= 15 is 0 Å². The molecule has 0 saturated carbocycles. The molecule has 2 aromatic heterocycles. The number of nitrogens with zero attached hydrogens (tertiary/aromatic N) is 2. The van der Waals surface area contributed by atoms with Crippen LogP contribution in [0.1, 0.15) is 11.1 Å². The van der Waals surface area contributed by atoms with Gasteiger partial charge in [0.1, 0.15) is 5.60 Å². The molecule has 2 bridgehead atoms. The van der Waals surface area contributed by atoms with Gasteiger partial charge in [-0.2, -0.15) is 0 Å². The normalized spacial score (nSPS) is 27.9. The van der Waals surface area contributed by atoms with Gasteiger partial charge >= 0.3 is 0 Å². The predicted octanol–water partition coefficient (Wildman–Crippen LogP) is 2.20. The molecule has 7 nitrogen and oxygen atoms in total. The van der Waals surface area contributed by atoms with Gasteiger partial charge in [0, 0.05) is 42.6 Å². The summed E-state index contributed by atoms with van der Waals surface area (Å²) in [5, 5.41) is 4.23. The summed E-state index contributed by atoms with van der Waals surface area (Å²) >= 11 is 0. The highest BCUT2D eigenvalue weighted by Crippen LogP contribution is 2.52. The maximum Gasteiger partial charge on any atom is 0.230 e. The number of aromatic amines is 1. The van der Waals surface area contributed by atoms with Crippen LogP contribution >= 0.6 is 0 Å². The summed E-state index contributed by atoms with van der Waals surface area (Å²) < 4.78 is 6.21. The SMILES string of the molecule is O=C(NCCc1c[nH]c2ccccc12)C1C2C=CC3(CN(Cc4ccncc4)C(=O)C13)O2. The summed E-state index contributed by atoms with van der Waals surface area (Å²) in [5.41, 5.74) is 2.59. The molecule has 1 aromatic carbocycles. The van der Waals surface area contributed by atoms with E-state index in [-0.39, 0.29) is 17.9 Å². The summed E-state index contributed by atoms with van der Waals surface area (Å²) in [6.07, 6.45) is 9.77. The zero-order valence-corrected chi connectivity index (χ0v) is 17.5. The highest BCUT2D eigenvalue weighted by atomic mass is 16.5. The summed E-state index contributed by atoms with van der Waals surface area (Å²) in [4.78, 5) is 35.6. The molecule has 2 amide bonds. The number of hydrogen-bond donors (Lipinski definition) is 2. The van der Waals surface area contributed by atoms with E-state index in [1.54, 1.807) is 17.3 Å². The summed E-state index contributed by atoms with van der Waals surface area (Å²) in [7, 11) is 0. The van der Waals surface area contributed by atoms with Gasteiger partial charge in [-0.05, 0) is 35.7 Å². The summed E-state index contributed by atoms with van der Waals surface area (Å²) in [5.74, 6) is -1.07. The number of aromatic nitrogens is 2. The van der Waals surface area contributed by atoms with Gasteiger partial charge in [0.2, 0.25) is 11.8 Å². The largest absolute Gasteiger partial charge is 0.361 e. The Morgan fingerprint density at radius 1 is 1.25 bits per heavy atom. The maximum atomic E-state index is 13.3. The van der Waals surface area contributed by atoms with Crippen LogP contribution in [0.2, 0.25) is 0 Å². The molecule has 0 aliphatic carbocycles. The van der Waals surface area contributed by atoms with E-state index in [0.29, 0.717) is 19.6 Å². The third-order valence-electron chi connectivity index (χ3n) is 6.97. The lowest BCUT2D eigenvalue weighted by molar-refractivity contribution is -0.137. The van der Waals surface area contributed by atoms with Crippen LogP contribution in [0.5, 0.6) is 0 Å². The van der Waals surface area contributed by atoms with E-state index in [0.717, 1.165) is 17.5 Å². The first-order valence-electron chi connectivity index (χ1n) is 11.0. The van der Waals surface area contributed by atoms with Crippen LogP contribution in [0.3, 0.4) is 0 Å². The number of rotatable bonds is 6. The third-order valence-corrected chi connectivity index (χ3v) is 6.97. The molecule has 6 rings (SSSR count). The van der Waals surface area contributed by atoms with Gasteiger partial charge in [-0.15, -0.1) is 0 Å². The Morgan fingerprint density at radius 2 is 2.09 bits per heavy atom. The minimum absolute atomic E-state index is 0.00885. The second-order valence-electron chi connectivity index (χ2n) is 8.85. The number of carbonyl (C=O) groups excluding carboxylic acids is 2. The van der Waals surface area contributed by atoms with Crippen LogP contribution in [0.4, 0.5) is 0 Å². The Kier molecular flexibility index (Phi) is 4.40. The van der Waals surface area contributed by atoms with Crippen LogP contribution in [0.15, 0.2) is 67.1 Å². The van der Waals surface area contributed by atoms with Gasteiger partial charge in [0.25, 0.3) is 0 Å². The van der Waals surface area contributed by atoms with Crippen LogP contribution < -0.4 is 5.32 Å². The average molecular weight is 428 g/mol. The average Bonchev–Trinajstić information content (AvgIpc) is 3.55. The minimum atomic E-state index is -0.687. The van der Waals surface area contributed by atoms with Crippen molar-refractivity contribution in [2.75, 3.05) is 13.1 Å². The standard InChI is InChI=1S/C25H24N4O3/c30-23(27-12-8-17-13-28-19-4-2-1-3-18(17)19)21-20-5-9-25(32-20)15-29(24(31)22(21)25)14-16-6-10-26-11-7-16/h1-7,9-11,13,20-22,28H,8,12,14-15H2,(H,27,30). The summed E-state index contributed by atoms with van der Waals surface area (Å²) in [6.45, 7) is 1.49. The number of H-pyrrole nitrogens is 1. The molecule has 3 aliphatic rings. The van der Waals surface area contributed by atoms with Gasteiger partial charge in [-0.25, -0.2) is 0 Å². The molecule has 3 aromatic rings. The molecule has 2 saturated heterocycles. The zero-order chi connectivity index (χ0) is 21.7. The van der Waals surface area contributed by atoms with Crippen molar-refractivity contribution in [2.45, 2.75) is 24.7 Å². The number of carbonyl (C=O) groups is 2. The zero-order valence-electron chi connectivity index (χ0n) is 17.5. The molecular weight excluding hydrogens is 404 g/mol. The van der Waals surface area contributed by atoms with Gasteiger partial charge in [-0.1, -0.05) is 30.4 Å². The number of ether oxygens (including phenoxy) is 1. The predicted molar refractivity (Wildman–Crippen MR) is 118 cm³/mol. The highest BCUT2D eigenvalue weighted by molar-refractivity contribution is 5.93. The first kappa shape index (κ1) is 19.3. The molecule has 0 radical (unpaired) electrons.